The van der Waals surface area contributed by atoms with Gasteiger partial charge in [0.05, 0.1) is 17.2 Å². The molecule has 0 unspecified atom stereocenters. The Labute approximate surface area is 181 Å². The van der Waals surface area contributed by atoms with Crippen LogP contribution in [-0.2, 0) is 0 Å². The Kier molecular flexibility index (Phi) is 5.55. The Balaban J connectivity index is 1.62. The van der Waals surface area contributed by atoms with Crippen LogP contribution in [0.3, 0.4) is 0 Å². The number of halogens is 1. The van der Waals surface area contributed by atoms with Gasteiger partial charge in [0.15, 0.2) is 5.58 Å². The van der Waals surface area contributed by atoms with Crippen LogP contribution in [0.5, 0.6) is 11.5 Å². The fraction of sp³-hybridized carbons (Fsp3) is 0.0909. The summed E-state index contributed by atoms with van der Waals surface area (Å²) in [6.07, 6.45) is 1.25. The van der Waals surface area contributed by atoms with Gasteiger partial charge in [-0.15, -0.1) is 0 Å². The van der Waals surface area contributed by atoms with Crippen molar-refractivity contribution in [2.45, 2.75) is 6.92 Å². The Morgan fingerprint density at radius 3 is 2.68 bits per heavy atom. The summed E-state index contributed by atoms with van der Waals surface area (Å²) in [6, 6.07) is 14.8. The predicted molar refractivity (Wildman–Crippen MR) is 115 cm³/mol. The number of aliphatic imine (C=N–C) groups is 1. The van der Waals surface area contributed by atoms with Crippen molar-refractivity contribution in [2.24, 2.45) is 4.99 Å². The largest absolute Gasteiger partial charge is 0.867 e. The summed E-state index contributed by atoms with van der Waals surface area (Å²) in [5.74, 6) is 0.461. The molecule has 3 aromatic carbocycles. The maximum Gasteiger partial charge on any atom is 0.263 e. The Morgan fingerprint density at radius 1 is 1.19 bits per heavy atom. The zero-order valence-electron chi connectivity index (χ0n) is 16.2. The van der Waals surface area contributed by atoms with E-state index in [2.05, 4.69) is 9.98 Å². The first kappa shape index (κ1) is 20.4. The summed E-state index contributed by atoms with van der Waals surface area (Å²) in [7, 11) is 0. The van der Waals surface area contributed by atoms with Gasteiger partial charge >= 0.3 is 0 Å². The van der Waals surface area contributed by atoms with Gasteiger partial charge in [-0.2, -0.15) is 0 Å². The lowest BCUT2D eigenvalue weighted by atomic mass is 10.2. The second-order valence-electron chi connectivity index (χ2n) is 6.49. The summed E-state index contributed by atoms with van der Waals surface area (Å²) < 4.78 is 11.2. The summed E-state index contributed by atoms with van der Waals surface area (Å²) in [4.78, 5) is 19.0. The minimum Gasteiger partial charge on any atom is -0.867 e. The smallest absolute Gasteiger partial charge is 0.263 e. The molecule has 0 aliphatic carbocycles. The van der Waals surface area contributed by atoms with Crippen molar-refractivity contribution >= 4 is 40.3 Å². The van der Waals surface area contributed by atoms with Crippen molar-refractivity contribution < 1.29 is 19.2 Å². The number of benzene rings is 3. The monoisotopic (exact) mass is 436 g/mol. The Morgan fingerprint density at radius 2 is 1.97 bits per heavy atom. The van der Waals surface area contributed by atoms with E-state index in [1.807, 2.05) is 31.2 Å². The third kappa shape index (κ3) is 4.34. The summed E-state index contributed by atoms with van der Waals surface area (Å²) in [5, 5.41) is 23.3. The van der Waals surface area contributed by atoms with Gasteiger partial charge in [-0.05, 0) is 66.8 Å². The number of nitro groups is 1. The number of nitro benzene ring substituents is 1. The number of rotatable bonds is 6. The van der Waals surface area contributed by atoms with E-state index in [4.69, 9.17) is 20.8 Å². The van der Waals surface area contributed by atoms with Gasteiger partial charge in [0.25, 0.3) is 5.69 Å². The topological polar surface area (TPSA) is 114 Å². The molecule has 31 heavy (non-hydrogen) atoms. The van der Waals surface area contributed by atoms with Gasteiger partial charge in [-0.25, -0.2) is 4.98 Å². The molecule has 1 heterocycles. The van der Waals surface area contributed by atoms with Crippen molar-refractivity contribution in [3.8, 4) is 23.0 Å². The number of nitrogens with zero attached hydrogens (tertiary/aromatic N) is 3. The highest BCUT2D eigenvalue weighted by Crippen LogP contribution is 2.31. The molecule has 8 nitrogen and oxygen atoms in total. The molecular formula is C22H15ClN3O5-. The third-order valence-electron chi connectivity index (χ3n) is 4.40. The molecule has 0 atom stereocenters. The minimum absolute atomic E-state index is 0.0227. The highest BCUT2D eigenvalue weighted by atomic mass is 35.5. The molecule has 0 amide bonds. The molecule has 0 fully saturated rings. The molecule has 9 heteroatoms. The summed E-state index contributed by atoms with van der Waals surface area (Å²) >= 11 is 5.88. The molecule has 0 spiro atoms. The van der Waals surface area contributed by atoms with Crippen molar-refractivity contribution in [3.05, 3.63) is 75.3 Å². The maximum absolute atomic E-state index is 12.2. The lowest BCUT2D eigenvalue weighted by Gasteiger charge is -2.10. The van der Waals surface area contributed by atoms with Crippen molar-refractivity contribution in [1.82, 2.24) is 4.98 Å². The molecule has 1 aromatic heterocycles. The Bertz CT molecular complexity index is 1300. The normalized spacial score (nSPS) is 11.3. The highest BCUT2D eigenvalue weighted by Gasteiger charge is 2.12. The molecule has 0 saturated carbocycles. The minimum atomic E-state index is -0.768. The zero-order chi connectivity index (χ0) is 22.0. The van der Waals surface area contributed by atoms with Crippen LogP contribution < -0.4 is 9.84 Å². The first-order valence-corrected chi connectivity index (χ1v) is 9.65. The lowest BCUT2D eigenvalue weighted by molar-refractivity contribution is -0.398. The number of ether oxygens (including phenoxy) is 1. The number of hydrogen-bond donors (Lipinski definition) is 0. The molecule has 0 radical (unpaired) electrons. The average Bonchev–Trinajstić information content (AvgIpc) is 3.18. The quantitative estimate of drug-likeness (QED) is 0.231. The fourth-order valence-corrected chi connectivity index (χ4v) is 3.18. The van der Waals surface area contributed by atoms with E-state index < -0.39 is 16.4 Å². The van der Waals surface area contributed by atoms with Crippen LogP contribution in [-0.4, -0.2) is 22.7 Å². The molecule has 0 aliphatic heterocycles. The van der Waals surface area contributed by atoms with Gasteiger partial charge in [0, 0.05) is 22.9 Å². The van der Waals surface area contributed by atoms with E-state index in [1.165, 1.54) is 12.3 Å². The Hall–Kier alpha value is -3.91. The first-order chi connectivity index (χ1) is 14.9. The van der Waals surface area contributed by atoms with E-state index in [0.717, 1.165) is 17.4 Å². The molecule has 4 aromatic rings. The van der Waals surface area contributed by atoms with Crippen LogP contribution in [0, 0.1) is 10.1 Å². The molecule has 0 saturated heterocycles. The molecule has 156 valence electrons. The van der Waals surface area contributed by atoms with Crippen LogP contribution in [0.1, 0.15) is 12.5 Å². The van der Waals surface area contributed by atoms with Gasteiger partial charge in [0.2, 0.25) is 5.89 Å². The second-order valence-corrected chi connectivity index (χ2v) is 6.92. The number of hydrogen-bond acceptors (Lipinski definition) is 7. The van der Waals surface area contributed by atoms with Gasteiger partial charge in [-0.3, -0.25) is 15.1 Å². The van der Waals surface area contributed by atoms with Crippen LogP contribution in [0.25, 0.3) is 22.6 Å². The van der Waals surface area contributed by atoms with E-state index in [0.29, 0.717) is 29.3 Å². The first-order valence-electron chi connectivity index (χ1n) is 9.27. The predicted octanol–water partition coefficient (Wildman–Crippen LogP) is 5.28. The van der Waals surface area contributed by atoms with Gasteiger partial charge < -0.3 is 14.3 Å². The van der Waals surface area contributed by atoms with Crippen LogP contribution in [0.4, 0.5) is 11.4 Å². The summed E-state index contributed by atoms with van der Waals surface area (Å²) in [5.41, 5.74) is 1.88. The van der Waals surface area contributed by atoms with E-state index >= 15 is 0 Å². The average molecular weight is 437 g/mol. The van der Waals surface area contributed by atoms with Crippen molar-refractivity contribution in [1.29, 1.82) is 0 Å². The standard InChI is InChI=1S/C22H16ClN3O5/c1-2-30-17-6-3-13(4-7-17)22-25-18-11-16(5-8-20(18)31-22)24-12-14-9-15(23)10-19(21(14)27)26(28)29/h3-12,27H,2H2,1H3/p-1. The molecule has 0 bridgehead atoms. The second kappa shape index (κ2) is 8.45. The SMILES string of the molecule is CCOc1ccc(-c2nc3cc(N=Cc4cc(Cl)cc([N+](=O)[O-])c4[O-])ccc3o2)cc1. The zero-order valence-corrected chi connectivity index (χ0v) is 17.0. The summed E-state index contributed by atoms with van der Waals surface area (Å²) in [6.45, 7) is 2.50. The molecule has 0 aliphatic rings. The number of aromatic nitrogens is 1. The van der Waals surface area contributed by atoms with Crippen LogP contribution in [0.15, 0.2) is 64.0 Å². The molecular weight excluding hydrogens is 422 g/mol. The van der Waals surface area contributed by atoms with E-state index in [1.54, 1.807) is 18.2 Å². The van der Waals surface area contributed by atoms with Gasteiger partial charge in [0.1, 0.15) is 11.3 Å². The van der Waals surface area contributed by atoms with Crippen molar-refractivity contribution in [3.63, 3.8) is 0 Å². The van der Waals surface area contributed by atoms with Crippen LogP contribution >= 0.6 is 11.6 Å². The lowest BCUT2D eigenvalue weighted by Crippen LogP contribution is -2.02. The highest BCUT2D eigenvalue weighted by molar-refractivity contribution is 6.31. The number of oxazole rings is 1. The van der Waals surface area contributed by atoms with Crippen molar-refractivity contribution in [2.75, 3.05) is 6.61 Å². The fourth-order valence-electron chi connectivity index (χ4n) is 2.96. The molecule has 4 rings (SSSR count). The molecule has 0 N–H and O–H groups in total. The number of fused-ring (bicyclic) bond motifs is 1. The van der Waals surface area contributed by atoms with E-state index in [9.17, 15) is 15.2 Å². The van der Waals surface area contributed by atoms with E-state index in [-0.39, 0.29) is 10.6 Å². The van der Waals surface area contributed by atoms with Crippen LogP contribution in [0.2, 0.25) is 5.02 Å². The third-order valence-corrected chi connectivity index (χ3v) is 4.61. The maximum atomic E-state index is 12.2. The van der Waals surface area contributed by atoms with Gasteiger partial charge in [-0.1, -0.05) is 11.6 Å².